The van der Waals surface area contributed by atoms with Crippen LogP contribution in [0.15, 0.2) is 78.9 Å². The number of hydrogen-bond acceptors (Lipinski definition) is 8. The van der Waals surface area contributed by atoms with Crippen LogP contribution >= 0.6 is 0 Å². The minimum Gasteiger partial charge on any atom is -0.394 e. The molecule has 3 aromatic carbocycles. The second-order valence-electron chi connectivity index (χ2n) is 12.3. The summed E-state index contributed by atoms with van der Waals surface area (Å²) in [5.41, 5.74) is 1.60. The lowest BCUT2D eigenvalue weighted by atomic mass is 9.82. The SMILES string of the molecule is C[C@H](/C=C/CC(=O)N1Cc2ccccc2C[C@H]1CO)[C@@]1(O)C(=O)N(Cc2cccc(N3CCNCC3=O)c2)c2ccc([N+](=O)[O-])cc21. The number of piperazine rings is 1. The van der Waals surface area contributed by atoms with Crippen molar-refractivity contribution in [3.05, 3.63) is 111 Å². The molecule has 3 atom stereocenters. The smallest absolute Gasteiger partial charge is 0.269 e. The van der Waals surface area contributed by atoms with Gasteiger partial charge in [0, 0.05) is 55.4 Å². The Balaban J connectivity index is 1.23. The van der Waals surface area contributed by atoms with E-state index in [1.807, 2.05) is 42.5 Å². The quantitative estimate of drug-likeness (QED) is 0.183. The molecule has 3 aliphatic rings. The van der Waals surface area contributed by atoms with Crippen LogP contribution in [-0.4, -0.2) is 70.0 Å². The van der Waals surface area contributed by atoms with Gasteiger partial charge in [0.05, 0.1) is 36.3 Å². The predicted molar refractivity (Wildman–Crippen MR) is 174 cm³/mol. The Morgan fingerprint density at radius 3 is 2.66 bits per heavy atom. The first-order valence-electron chi connectivity index (χ1n) is 15.7. The standard InChI is InChI=1S/C35H37N5O7/c1-23(6-4-11-32(42)38-21-26-9-3-2-8-25(26)17-29(38)22-41)35(45)30-18-28(40(46)47)12-13-31(30)39(34(35)44)20-24-7-5-10-27(16-24)37-15-14-36-19-33(37)43/h2-10,12-13,16,18,23,29,36,41,45H,11,14-15,17,19-22H2,1H3/b6-4+/t23-,29+,35+/m1/s1. The fraction of sp³-hybridized carbons (Fsp3) is 0.343. The van der Waals surface area contributed by atoms with Crippen LogP contribution < -0.4 is 15.1 Å². The van der Waals surface area contributed by atoms with Crippen LogP contribution in [0.5, 0.6) is 0 Å². The van der Waals surface area contributed by atoms with Gasteiger partial charge in [-0.25, -0.2) is 0 Å². The van der Waals surface area contributed by atoms with Crippen LogP contribution in [0.25, 0.3) is 0 Å². The van der Waals surface area contributed by atoms with E-state index in [0.717, 1.165) is 11.1 Å². The number of nitrogens with zero attached hydrogens (tertiary/aromatic N) is 4. The van der Waals surface area contributed by atoms with E-state index in [1.54, 1.807) is 34.9 Å². The zero-order chi connectivity index (χ0) is 33.3. The number of aliphatic hydroxyl groups is 2. The van der Waals surface area contributed by atoms with Crippen molar-refractivity contribution in [2.75, 3.05) is 36.0 Å². The van der Waals surface area contributed by atoms with E-state index >= 15 is 0 Å². The molecule has 0 unspecified atom stereocenters. The third-order valence-corrected chi connectivity index (χ3v) is 9.38. The van der Waals surface area contributed by atoms with Crippen molar-refractivity contribution in [3.8, 4) is 0 Å². The van der Waals surface area contributed by atoms with Crippen molar-refractivity contribution < 1.29 is 29.5 Å². The molecular formula is C35H37N5O7. The number of nitro groups is 1. The summed E-state index contributed by atoms with van der Waals surface area (Å²) in [4.78, 5) is 55.7. The van der Waals surface area contributed by atoms with E-state index in [0.29, 0.717) is 43.0 Å². The van der Waals surface area contributed by atoms with Crippen LogP contribution in [-0.2, 0) is 39.5 Å². The van der Waals surface area contributed by atoms with Gasteiger partial charge in [-0.15, -0.1) is 0 Å². The largest absolute Gasteiger partial charge is 0.394 e. The van der Waals surface area contributed by atoms with Gasteiger partial charge in [-0.2, -0.15) is 0 Å². The monoisotopic (exact) mass is 639 g/mol. The summed E-state index contributed by atoms with van der Waals surface area (Å²) in [6.45, 7) is 3.30. The van der Waals surface area contributed by atoms with E-state index in [1.165, 1.54) is 23.1 Å². The molecule has 3 heterocycles. The highest BCUT2D eigenvalue weighted by Gasteiger charge is 2.53. The fourth-order valence-electron chi connectivity index (χ4n) is 6.76. The molecule has 6 rings (SSSR count). The first kappa shape index (κ1) is 32.0. The molecule has 3 aliphatic heterocycles. The van der Waals surface area contributed by atoms with Gasteiger partial charge >= 0.3 is 0 Å². The number of nitro benzene ring substituents is 1. The molecule has 0 bridgehead atoms. The van der Waals surface area contributed by atoms with Crippen LogP contribution in [0.3, 0.4) is 0 Å². The van der Waals surface area contributed by atoms with Crippen LogP contribution in [0.4, 0.5) is 17.1 Å². The normalized spacial score (nSPS) is 21.6. The lowest BCUT2D eigenvalue weighted by Crippen LogP contribution is -2.48. The van der Waals surface area contributed by atoms with Gasteiger partial charge in [-0.05, 0) is 41.3 Å². The average Bonchev–Trinajstić information content (AvgIpc) is 3.29. The van der Waals surface area contributed by atoms with Crippen molar-refractivity contribution in [1.29, 1.82) is 0 Å². The Hall–Kier alpha value is -4.91. The van der Waals surface area contributed by atoms with E-state index in [9.17, 15) is 34.7 Å². The first-order chi connectivity index (χ1) is 22.6. The maximum Gasteiger partial charge on any atom is 0.269 e. The molecule has 47 heavy (non-hydrogen) atoms. The number of carbonyl (C=O) groups is 3. The van der Waals surface area contributed by atoms with E-state index in [4.69, 9.17) is 0 Å². The van der Waals surface area contributed by atoms with Crippen molar-refractivity contribution in [2.45, 2.75) is 44.5 Å². The molecule has 244 valence electrons. The minimum absolute atomic E-state index is 0.0175. The molecule has 12 nitrogen and oxygen atoms in total. The number of hydrogen-bond donors (Lipinski definition) is 3. The van der Waals surface area contributed by atoms with E-state index < -0.39 is 22.3 Å². The van der Waals surface area contributed by atoms with Gasteiger partial charge in [0.2, 0.25) is 11.8 Å². The summed E-state index contributed by atoms with van der Waals surface area (Å²) in [5.74, 6) is -1.76. The second-order valence-corrected chi connectivity index (χ2v) is 12.3. The molecule has 0 aliphatic carbocycles. The van der Waals surface area contributed by atoms with Crippen LogP contribution in [0.1, 0.15) is 35.6 Å². The van der Waals surface area contributed by atoms with Crippen LogP contribution in [0, 0.1) is 16.0 Å². The van der Waals surface area contributed by atoms with Crippen LogP contribution in [0.2, 0.25) is 0 Å². The first-order valence-corrected chi connectivity index (χ1v) is 15.7. The highest BCUT2D eigenvalue weighted by molar-refractivity contribution is 6.07. The molecule has 3 amide bonds. The van der Waals surface area contributed by atoms with Gasteiger partial charge in [-0.3, -0.25) is 24.5 Å². The molecule has 3 N–H and O–H groups in total. The zero-order valence-electron chi connectivity index (χ0n) is 26.0. The topological polar surface area (TPSA) is 157 Å². The molecule has 1 fully saturated rings. The number of carbonyl (C=O) groups excluding carboxylic acids is 3. The predicted octanol–water partition coefficient (Wildman–Crippen LogP) is 2.79. The molecular weight excluding hydrogens is 602 g/mol. The summed E-state index contributed by atoms with van der Waals surface area (Å²) in [5, 5.41) is 36.8. The number of nitrogens with one attached hydrogen (secondary N) is 1. The Bertz CT molecular complexity index is 1760. The number of anilines is 2. The lowest BCUT2D eigenvalue weighted by Gasteiger charge is -2.36. The van der Waals surface area contributed by atoms with E-state index in [2.05, 4.69) is 5.32 Å². The Kier molecular flexibility index (Phi) is 8.91. The summed E-state index contributed by atoms with van der Waals surface area (Å²) in [7, 11) is 0. The number of amides is 3. The molecule has 12 heteroatoms. The number of aliphatic hydroxyl groups excluding tert-OH is 1. The Labute approximate surface area is 272 Å². The molecule has 1 saturated heterocycles. The van der Waals surface area contributed by atoms with Crippen molar-refractivity contribution in [2.24, 2.45) is 5.92 Å². The Morgan fingerprint density at radius 2 is 1.91 bits per heavy atom. The third kappa shape index (κ3) is 6.02. The van der Waals surface area contributed by atoms with Gasteiger partial charge < -0.3 is 30.2 Å². The number of fused-ring (bicyclic) bond motifs is 2. The van der Waals surface area contributed by atoms with Gasteiger partial charge in [0.15, 0.2) is 5.60 Å². The van der Waals surface area contributed by atoms with Gasteiger partial charge in [0.1, 0.15) is 0 Å². The molecule has 0 radical (unpaired) electrons. The molecule has 0 spiro atoms. The molecule has 0 aromatic heterocycles. The second kappa shape index (κ2) is 13.1. The van der Waals surface area contributed by atoms with E-state index in [-0.39, 0.29) is 55.2 Å². The third-order valence-electron chi connectivity index (χ3n) is 9.38. The maximum absolute atomic E-state index is 14.1. The molecule has 0 saturated carbocycles. The molecule has 3 aromatic rings. The number of non-ortho nitro benzene ring substituents is 1. The van der Waals surface area contributed by atoms with Crippen molar-refractivity contribution in [3.63, 3.8) is 0 Å². The van der Waals surface area contributed by atoms with Crippen molar-refractivity contribution in [1.82, 2.24) is 10.2 Å². The van der Waals surface area contributed by atoms with Gasteiger partial charge in [0.25, 0.3) is 11.6 Å². The highest BCUT2D eigenvalue weighted by Crippen LogP contribution is 2.47. The van der Waals surface area contributed by atoms with Crippen molar-refractivity contribution >= 4 is 34.8 Å². The average molecular weight is 640 g/mol. The number of rotatable bonds is 9. The Morgan fingerprint density at radius 1 is 1.13 bits per heavy atom. The summed E-state index contributed by atoms with van der Waals surface area (Å²) in [6.07, 6.45) is 3.72. The highest BCUT2D eigenvalue weighted by atomic mass is 16.6. The summed E-state index contributed by atoms with van der Waals surface area (Å²) >= 11 is 0. The van der Waals surface area contributed by atoms with Gasteiger partial charge in [-0.1, -0.05) is 55.5 Å². The summed E-state index contributed by atoms with van der Waals surface area (Å²) < 4.78 is 0. The maximum atomic E-state index is 14.1. The minimum atomic E-state index is -2.13. The lowest BCUT2D eigenvalue weighted by molar-refractivity contribution is -0.385. The fourth-order valence-corrected chi connectivity index (χ4v) is 6.76. The number of benzene rings is 3. The summed E-state index contributed by atoms with van der Waals surface area (Å²) in [6, 6.07) is 18.7. The zero-order valence-corrected chi connectivity index (χ0v) is 26.0.